The van der Waals surface area contributed by atoms with Crippen LogP contribution in [0.25, 0.3) is 0 Å². The lowest BCUT2D eigenvalue weighted by Crippen LogP contribution is -2.59. The minimum absolute atomic E-state index is 0.104. The summed E-state index contributed by atoms with van der Waals surface area (Å²) in [6.07, 6.45) is 0.482. The quantitative estimate of drug-likeness (QED) is 0.742. The summed E-state index contributed by atoms with van der Waals surface area (Å²) in [6, 6.07) is 0. The highest BCUT2D eigenvalue weighted by atomic mass is 35.5. The van der Waals surface area contributed by atoms with E-state index in [-0.39, 0.29) is 35.1 Å². The number of amides is 1. The van der Waals surface area contributed by atoms with Crippen LogP contribution in [0.1, 0.15) is 20.8 Å². The van der Waals surface area contributed by atoms with Crippen molar-refractivity contribution in [2.75, 3.05) is 26.3 Å². The first-order chi connectivity index (χ1) is 11.7. The van der Waals surface area contributed by atoms with E-state index >= 15 is 0 Å². The van der Waals surface area contributed by atoms with Gasteiger partial charge in [-0.2, -0.15) is 9.37 Å². The van der Waals surface area contributed by atoms with Gasteiger partial charge in [-0.1, -0.05) is 11.6 Å². The molecule has 2 fully saturated rings. The highest BCUT2D eigenvalue weighted by Crippen LogP contribution is 2.33. The monoisotopic (exact) mass is 373 g/mol. The van der Waals surface area contributed by atoms with Crippen molar-refractivity contribution in [3.8, 4) is 5.88 Å². The zero-order valence-corrected chi connectivity index (χ0v) is 15.1. The summed E-state index contributed by atoms with van der Waals surface area (Å²) in [7, 11) is 0. The third-order valence-corrected chi connectivity index (χ3v) is 4.38. The van der Waals surface area contributed by atoms with Crippen LogP contribution in [-0.2, 0) is 9.47 Å². The summed E-state index contributed by atoms with van der Waals surface area (Å²) in [6.45, 7) is 7.14. The number of piperidine rings is 1. The van der Waals surface area contributed by atoms with E-state index in [2.05, 4.69) is 9.97 Å². The van der Waals surface area contributed by atoms with Crippen LogP contribution in [0.3, 0.4) is 0 Å². The molecule has 3 atom stereocenters. The van der Waals surface area contributed by atoms with Crippen LogP contribution in [0, 0.1) is 17.7 Å². The molecule has 0 saturated carbocycles. The third kappa shape index (κ3) is 4.12. The number of carbonyl (C=O) groups excluding carboxylic acids is 1. The van der Waals surface area contributed by atoms with Gasteiger partial charge < -0.3 is 19.1 Å². The molecule has 1 aromatic rings. The molecule has 0 aliphatic carbocycles. The molecule has 0 aromatic carbocycles. The lowest BCUT2D eigenvalue weighted by molar-refractivity contribution is -0.114. The molecule has 25 heavy (non-hydrogen) atoms. The van der Waals surface area contributed by atoms with Crippen molar-refractivity contribution in [2.45, 2.75) is 32.5 Å². The SMILES string of the molecule is CC(C)(C)OC(=O)N1CC2COC[C@@H](C1)C2Oc1ncnc(Cl)c1F. The standard InChI is InChI=1S/C16H21ClFN3O4/c1-16(2,3)25-15(22)21-4-9-6-23-7-10(5-21)12(9)24-14-11(18)13(17)19-8-20-14/h8-10,12H,4-7H2,1-3H3/t9-,10?,12?/m1/s1. The van der Waals surface area contributed by atoms with Crippen molar-refractivity contribution in [3.63, 3.8) is 0 Å². The van der Waals surface area contributed by atoms with Gasteiger partial charge in [0.1, 0.15) is 18.0 Å². The van der Waals surface area contributed by atoms with Crippen LogP contribution >= 0.6 is 11.6 Å². The van der Waals surface area contributed by atoms with Crippen LogP contribution in [0.2, 0.25) is 5.15 Å². The zero-order chi connectivity index (χ0) is 18.2. The molecular formula is C16H21ClFN3O4. The van der Waals surface area contributed by atoms with Crippen LogP contribution < -0.4 is 4.74 Å². The van der Waals surface area contributed by atoms with E-state index in [1.807, 2.05) is 20.8 Å². The summed E-state index contributed by atoms with van der Waals surface area (Å²) in [5.41, 5.74) is -0.559. The fourth-order valence-electron chi connectivity index (χ4n) is 3.11. The van der Waals surface area contributed by atoms with Gasteiger partial charge >= 0.3 is 6.09 Å². The molecular weight excluding hydrogens is 353 g/mol. The summed E-state index contributed by atoms with van der Waals surface area (Å²) >= 11 is 5.68. The van der Waals surface area contributed by atoms with Crippen molar-refractivity contribution in [2.24, 2.45) is 11.8 Å². The number of rotatable bonds is 2. The number of fused-ring (bicyclic) bond motifs is 2. The second kappa shape index (κ2) is 6.92. The normalized spacial score (nSPS) is 26.3. The minimum atomic E-state index is -0.780. The Morgan fingerprint density at radius 1 is 1.32 bits per heavy atom. The second-order valence-electron chi connectivity index (χ2n) is 7.31. The molecule has 7 nitrogen and oxygen atoms in total. The number of ether oxygens (including phenoxy) is 3. The van der Waals surface area contributed by atoms with Gasteiger partial charge in [0.2, 0.25) is 5.82 Å². The Morgan fingerprint density at radius 2 is 1.96 bits per heavy atom. The van der Waals surface area contributed by atoms with Gasteiger partial charge in [-0.3, -0.25) is 0 Å². The molecule has 0 radical (unpaired) electrons. The van der Waals surface area contributed by atoms with Crippen LogP contribution in [0.5, 0.6) is 5.88 Å². The van der Waals surface area contributed by atoms with E-state index in [1.54, 1.807) is 4.90 Å². The number of likely N-dealkylation sites (tertiary alicyclic amines) is 1. The van der Waals surface area contributed by atoms with E-state index < -0.39 is 11.4 Å². The highest BCUT2D eigenvalue weighted by Gasteiger charge is 2.44. The molecule has 0 N–H and O–H groups in total. The Labute approximate surface area is 150 Å². The number of hydrogen-bond donors (Lipinski definition) is 0. The average molecular weight is 374 g/mol. The first-order valence-corrected chi connectivity index (χ1v) is 8.50. The molecule has 2 unspecified atom stereocenters. The topological polar surface area (TPSA) is 73.8 Å². The van der Waals surface area contributed by atoms with Crippen LogP contribution in [0.15, 0.2) is 6.33 Å². The maximum atomic E-state index is 14.0. The number of nitrogens with zero attached hydrogens (tertiary/aromatic N) is 3. The summed E-state index contributed by atoms with van der Waals surface area (Å²) in [5, 5.41) is -0.280. The van der Waals surface area contributed by atoms with Crippen LogP contribution in [-0.4, -0.2) is 59.0 Å². The Balaban J connectivity index is 1.72. The number of aromatic nitrogens is 2. The van der Waals surface area contributed by atoms with Gasteiger partial charge in [0.25, 0.3) is 5.88 Å². The maximum Gasteiger partial charge on any atom is 0.410 e. The van der Waals surface area contributed by atoms with Crippen LogP contribution in [0.4, 0.5) is 9.18 Å². The van der Waals surface area contributed by atoms with Crippen molar-refractivity contribution in [1.82, 2.24) is 14.9 Å². The lowest BCUT2D eigenvalue weighted by atomic mass is 9.84. The molecule has 2 saturated heterocycles. The predicted octanol–water partition coefficient (Wildman–Crippen LogP) is 2.53. The van der Waals surface area contributed by atoms with Crippen molar-refractivity contribution in [3.05, 3.63) is 17.3 Å². The van der Waals surface area contributed by atoms with Crippen molar-refractivity contribution < 1.29 is 23.4 Å². The molecule has 3 rings (SSSR count). The van der Waals surface area contributed by atoms with Gasteiger partial charge in [0, 0.05) is 24.9 Å². The average Bonchev–Trinajstić information content (AvgIpc) is 2.49. The molecule has 2 bridgehead atoms. The van der Waals surface area contributed by atoms with E-state index in [4.69, 9.17) is 25.8 Å². The predicted molar refractivity (Wildman–Crippen MR) is 87.0 cm³/mol. The third-order valence-electron chi connectivity index (χ3n) is 4.12. The fraction of sp³-hybridized carbons (Fsp3) is 0.688. The van der Waals surface area contributed by atoms with E-state index in [1.165, 1.54) is 0 Å². The minimum Gasteiger partial charge on any atom is -0.471 e. The summed E-state index contributed by atoms with van der Waals surface area (Å²) in [5.74, 6) is -1.16. The van der Waals surface area contributed by atoms with Gasteiger partial charge in [0.15, 0.2) is 5.15 Å². The molecule has 0 spiro atoms. The first-order valence-electron chi connectivity index (χ1n) is 8.13. The lowest BCUT2D eigenvalue weighted by Gasteiger charge is -2.46. The Kier molecular flexibility index (Phi) is 5.02. The molecule has 9 heteroatoms. The number of carbonyl (C=O) groups is 1. The Morgan fingerprint density at radius 3 is 2.56 bits per heavy atom. The van der Waals surface area contributed by atoms with Crippen molar-refractivity contribution in [1.29, 1.82) is 0 Å². The molecule has 138 valence electrons. The highest BCUT2D eigenvalue weighted by molar-refractivity contribution is 6.29. The zero-order valence-electron chi connectivity index (χ0n) is 14.4. The van der Waals surface area contributed by atoms with Gasteiger partial charge in [-0.05, 0) is 20.8 Å². The fourth-order valence-corrected chi connectivity index (χ4v) is 3.24. The Hall–Kier alpha value is -1.67. The molecule has 2 aliphatic heterocycles. The number of halogens is 2. The summed E-state index contributed by atoms with van der Waals surface area (Å²) < 4.78 is 30.8. The van der Waals surface area contributed by atoms with Gasteiger partial charge in [-0.25, -0.2) is 9.78 Å². The van der Waals surface area contributed by atoms with E-state index in [0.29, 0.717) is 26.3 Å². The first kappa shape index (κ1) is 18.1. The summed E-state index contributed by atoms with van der Waals surface area (Å²) in [4.78, 5) is 21.4. The largest absolute Gasteiger partial charge is 0.471 e. The molecule has 3 heterocycles. The molecule has 1 aromatic heterocycles. The second-order valence-corrected chi connectivity index (χ2v) is 7.67. The van der Waals surface area contributed by atoms with Crippen molar-refractivity contribution >= 4 is 17.7 Å². The molecule has 2 aliphatic rings. The maximum absolute atomic E-state index is 14.0. The van der Waals surface area contributed by atoms with E-state index in [0.717, 1.165) is 6.33 Å². The Bertz CT molecular complexity index is 641. The number of hydrogen-bond acceptors (Lipinski definition) is 6. The van der Waals surface area contributed by atoms with Gasteiger partial charge in [-0.15, -0.1) is 0 Å². The van der Waals surface area contributed by atoms with E-state index in [9.17, 15) is 9.18 Å². The smallest absolute Gasteiger partial charge is 0.410 e. The van der Waals surface area contributed by atoms with Gasteiger partial charge in [0.05, 0.1) is 13.2 Å². The molecule has 1 amide bonds.